The molecule has 6 heteroatoms. The topological polar surface area (TPSA) is 78.5 Å². The van der Waals surface area contributed by atoms with Crippen LogP contribution < -0.4 is 15.8 Å². The molecule has 0 aromatic heterocycles. The first-order chi connectivity index (χ1) is 16.6. The third kappa shape index (κ3) is 4.63. The lowest BCUT2D eigenvalue weighted by Crippen LogP contribution is -2.59. The van der Waals surface area contributed by atoms with E-state index in [-0.39, 0.29) is 29.6 Å². The van der Waals surface area contributed by atoms with Crippen molar-refractivity contribution in [2.75, 3.05) is 11.6 Å². The number of rotatable bonds is 5. The second-order valence-corrected chi connectivity index (χ2v) is 9.69. The summed E-state index contributed by atoms with van der Waals surface area (Å²) in [6.07, 6.45) is 9.58. The summed E-state index contributed by atoms with van der Waals surface area (Å²) in [5.41, 5.74) is 5.15. The van der Waals surface area contributed by atoms with Gasteiger partial charge in [-0.25, -0.2) is 5.01 Å². The van der Waals surface area contributed by atoms with E-state index in [4.69, 9.17) is 0 Å². The van der Waals surface area contributed by atoms with Gasteiger partial charge in [0.15, 0.2) is 0 Å². The first-order valence-electron chi connectivity index (χ1n) is 12.3. The molecule has 2 aliphatic carbocycles. The number of hydrazine groups is 1. The maximum atomic E-state index is 13.0. The molecule has 2 atom stereocenters. The molecular formula is C28H31N3O3. The SMILES string of the molecule is O=C(NCC1CCC(c2ccccc2)CC1)c1cccc(N2NC(=O)C3CC=CCC3C2=O)c1. The molecule has 2 N–H and O–H groups in total. The van der Waals surface area contributed by atoms with E-state index in [1.807, 2.05) is 12.2 Å². The molecule has 0 bridgehead atoms. The fraction of sp³-hybridized carbons (Fsp3) is 0.393. The van der Waals surface area contributed by atoms with Gasteiger partial charge in [-0.05, 0) is 74.1 Å². The highest BCUT2D eigenvalue weighted by Crippen LogP contribution is 2.35. The third-order valence-electron chi connectivity index (χ3n) is 7.56. The van der Waals surface area contributed by atoms with E-state index in [1.54, 1.807) is 24.3 Å². The van der Waals surface area contributed by atoms with Gasteiger partial charge in [0.05, 0.1) is 17.5 Å². The molecule has 1 saturated carbocycles. The predicted molar refractivity (Wildman–Crippen MR) is 131 cm³/mol. The summed E-state index contributed by atoms with van der Waals surface area (Å²) >= 11 is 0. The van der Waals surface area contributed by atoms with E-state index in [1.165, 1.54) is 10.6 Å². The summed E-state index contributed by atoms with van der Waals surface area (Å²) in [4.78, 5) is 38.4. The third-order valence-corrected chi connectivity index (χ3v) is 7.56. The molecule has 0 radical (unpaired) electrons. The second-order valence-electron chi connectivity index (χ2n) is 9.69. The summed E-state index contributed by atoms with van der Waals surface area (Å²) < 4.78 is 0. The maximum absolute atomic E-state index is 13.0. The van der Waals surface area contributed by atoms with Crippen LogP contribution in [-0.2, 0) is 9.59 Å². The lowest BCUT2D eigenvalue weighted by Gasteiger charge is -2.38. The van der Waals surface area contributed by atoms with Gasteiger partial charge in [0, 0.05) is 12.1 Å². The summed E-state index contributed by atoms with van der Waals surface area (Å²) in [7, 11) is 0. The minimum atomic E-state index is -0.345. The van der Waals surface area contributed by atoms with Gasteiger partial charge in [0.2, 0.25) is 11.8 Å². The molecule has 2 aromatic carbocycles. The van der Waals surface area contributed by atoms with E-state index in [0.29, 0.717) is 42.5 Å². The fourth-order valence-corrected chi connectivity index (χ4v) is 5.53. The van der Waals surface area contributed by atoms with Crippen molar-refractivity contribution in [3.63, 3.8) is 0 Å². The normalized spacial score (nSPS) is 26.5. The van der Waals surface area contributed by atoms with Crippen LogP contribution in [0.15, 0.2) is 66.7 Å². The number of nitrogens with one attached hydrogen (secondary N) is 2. The molecule has 176 valence electrons. The van der Waals surface area contributed by atoms with E-state index in [9.17, 15) is 14.4 Å². The number of hydrogen-bond acceptors (Lipinski definition) is 3. The molecule has 2 unspecified atom stereocenters. The van der Waals surface area contributed by atoms with Gasteiger partial charge in [0.1, 0.15) is 0 Å². The van der Waals surface area contributed by atoms with Gasteiger partial charge < -0.3 is 5.32 Å². The zero-order valence-electron chi connectivity index (χ0n) is 19.3. The quantitative estimate of drug-likeness (QED) is 0.655. The van der Waals surface area contributed by atoms with Gasteiger partial charge in [-0.3, -0.25) is 19.8 Å². The number of nitrogens with zero attached hydrogens (tertiary/aromatic N) is 1. The molecular weight excluding hydrogens is 426 g/mol. The first kappa shape index (κ1) is 22.4. The summed E-state index contributed by atoms with van der Waals surface area (Å²) in [6, 6.07) is 17.6. The number of hydrogen-bond donors (Lipinski definition) is 2. The molecule has 34 heavy (non-hydrogen) atoms. The van der Waals surface area contributed by atoms with Crippen molar-refractivity contribution in [3.05, 3.63) is 77.9 Å². The largest absolute Gasteiger partial charge is 0.352 e. The fourth-order valence-electron chi connectivity index (χ4n) is 5.53. The van der Waals surface area contributed by atoms with Crippen LogP contribution >= 0.6 is 0 Å². The van der Waals surface area contributed by atoms with Crippen molar-refractivity contribution in [2.24, 2.45) is 17.8 Å². The van der Waals surface area contributed by atoms with Crippen LogP contribution in [0.25, 0.3) is 0 Å². The van der Waals surface area contributed by atoms with Crippen LogP contribution in [0.3, 0.4) is 0 Å². The maximum Gasteiger partial charge on any atom is 0.251 e. The van der Waals surface area contributed by atoms with Gasteiger partial charge in [-0.15, -0.1) is 0 Å². The molecule has 3 amide bonds. The summed E-state index contributed by atoms with van der Waals surface area (Å²) in [5.74, 6) is 0.0186. The van der Waals surface area contributed by atoms with Gasteiger partial charge >= 0.3 is 0 Å². The average molecular weight is 458 g/mol. The number of benzene rings is 2. The summed E-state index contributed by atoms with van der Waals surface area (Å²) in [6.45, 7) is 0.653. The number of amides is 3. The van der Waals surface area contributed by atoms with E-state index >= 15 is 0 Å². The molecule has 1 aliphatic heterocycles. The number of carbonyl (C=O) groups excluding carboxylic acids is 3. The number of carbonyl (C=O) groups is 3. The zero-order chi connectivity index (χ0) is 23.5. The van der Waals surface area contributed by atoms with Crippen LogP contribution in [0.4, 0.5) is 5.69 Å². The van der Waals surface area contributed by atoms with E-state index < -0.39 is 0 Å². The molecule has 0 spiro atoms. The Morgan fingerprint density at radius 3 is 2.41 bits per heavy atom. The van der Waals surface area contributed by atoms with Gasteiger partial charge in [-0.1, -0.05) is 48.6 Å². The molecule has 1 heterocycles. The standard InChI is InChI=1S/C28H31N3O3/c32-26(29-18-19-13-15-21(16-14-19)20-7-2-1-3-8-20)22-9-6-10-23(17-22)31-28(34)25-12-5-4-11-24(25)27(33)30-31/h1-10,17,19,21,24-25H,11-16,18H2,(H,29,32)(H,30,33). The highest BCUT2D eigenvalue weighted by atomic mass is 16.2. The Morgan fingerprint density at radius 1 is 0.912 bits per heavy atom. The predicted octanol–water partition coefficient (Wildman–Crippen LogP) is 4.35. The smallest absolute Gasteiger partial charge is 0.251 e. The number of allylic oxidation sites excluding steroid dienone is 2. The van der Waals surface area contributed by atoms with Crippen LogP contribution in [-0.4, -0.2) is 24.3 Å². The van der Waals surface area contributed by atoms with Crippen LogP contribution in [0.5, 0.6) is 0 Å². The Balaban J connectivity index is 1.18. The van der Waals surface area contributed by atoms with Crippen molar-refractivity contribution >= 4 is 23.4 Å². The molecule has 1 saturated heterocycles. The minimum absolute atomic E-state index is 0.123. The van der Waals surface area contributed by atoms with Crippen molar-refractivity contribution in [3.8, 4) is 0 Å². The zero-order valence-corrected chi connectivity index (χ0v) is 19.3. The van der Waals surface area contributed by atoms with Crippen molar-refractivity contribution in [1.82, 2.24) is 10.7 Å². The molecule has 2 aromatic rings. The van der Waals surface area contributed by atoms with Crippen molar-refractivity contribution in [1.29, 1.82) is 0 Å². The van der Waals surface area contributed by atoms with Gasteiger partial charge in [-0.2, -0.15) is 0 Å². The molecule has 6 nitrogen and oxygen atoms in total. The second kappa shape index (κ2) is 9.84. The molecule has 5 rings (SSSR count). The van der Waals surface area contributed by atoms with Crippen molar-refractivity contribution < 1.29 is 14.4 Å². The van der Waals surface area contributed by atoms with Crippen LogP contribution in [0, 0.1) is 17.8 Å². The highest BCUT2D eigenvalue weighted by molar-refractivity contribution is 6.05. The number of fused-ring (bicyclic) bond motifs is 1. The van der Waals surface area contributed by atoms with Crippen molar-refractivity contribution in [2.45, 2.75) is 44.4 Å². The Kier molecular flexibility index (Phi) is 6.48. The van der Waals surface area contributed by atoms with Crippen LogP contribution in [0.1, 0.15) is 60.4 Å². The Morgan fingerprint density at radius 2 is 1.65 bits per heavy atom. The van der Waals surface area contributed by atoms with E-state index in [2.05, 4.69) is 41.1 Å². The van der Waals surface area contributed by atoms with Crippen LogP contribution in [0.2, 0.25) is 0 Å². The molecule has 2 fully saturated rings. The number of anilines is 1. The Bertz CT molecular complexity index is 1090. The lowest BCUT2D eigenvalue weighted by molar-refractivity contribution is -0.139. The minimum Gasteiger partial charge on any atom is -0.352 e. The average Bonchev–Trinajstić information content (AvgIpc) is 2.90. The van der Waals surface area contributed by atoms with E-state index in [0.717, 1.165) is 25.7 Å². The monoisotopic (exact) mass is 457 g/mol. The Labute approximate surface area is 200 Å². The summed E-state index contributed by atoms with van der Waals surface area (Å²) in [5, 5.41) is 4.39. The first-order valence-corrected chi connectivity index (χ1v) is 12.3. The molecule has 3 aliphatic rings. The Hall–Kier alpha value is -3.41. The van der Waals surface area contributed by atoms with Gasteiger partial charge in [0.25, 0.3) is 5.91 Å². The highest BCUT2D eigenvalue weighted by Gasteiger charge is 2.42. The lowest BCUT2D eigenvalue weighted by atomic mass is 9.78.